The molecule has 0 aromatic heterocycles. The summed E-state index contributed by atoms with van der Waals surface area (Å²) in [5.74, 6) is 0.275. The van der Waals surface area contributed by atoms with Crippen molar-refractivity contribution in [1.29, 1.82) is 0 Å². The third-order valence-corrected chi connectivity index (χ3v) is 3.57. The molecule has 0 amide bonds. The molecule has 94 valence electrons. The van der Waals surface area contributed by atoms with Crippen LogP contribution < -0.4 is 5.32 Å². The molecule has 1 aliphatic carbocycles. The van der Waals surface area contributed by atoms with Crippen molar-refractivity contribution in [1.82, 2.24) is 5.32 Å². The number of phenolic OH excluding ortho intramolecular Hbond substituents is 2. The fourth-order valence-electron chi connectivity index (χ4n) is 2.61. The summed E-state index contributed by atoms with van der Waals surface area (Å²) in [5, 5.41) is 22.6. The topological polar surface area (TPSA) is 52.5 Å². The molecule has 2 rings (SSSR count). The molecule has 1 aromatic rings. The number of aromatic hydroxyl groups is 2. The van der Waals surface area contributed by atoms with Crippen LogP contribution in [0.25, 0.3) is 0 Å². The maximum Gasteiger partial charge on any atom is 0.124 e. The number of hydrogen-bond donors (Lipinski definition) is 3. The van der Waals surface area contributed by atoms with Crippen molar-refractivity contribution in [2.24, 2.45) is 0 Å². The Morgan fingerprint density at radius 2 is 1.88 bits per heavy atom. The molecule has 0 unspecified atom stereocenters. The van der Waals surface area contributed by atoms with Gasteiger partial charge >= 0.3 is 0 Å². The molecule has 0 saturated heterocycles. The molecular formula is C14H21NO2. The number of rotatable bonds is 3. The first-order chi connectivity index (χ1) is 8.16. The van der Waals surface area contributed by atoms with Crippen LogP contribution in [0.4, 0.5) is 0 Å². The molecule has 1 fully saturated rings. The summed E-state index contributed by atoms with van der Waals surface area (Å²) in [5.41, 5.74) is 0.855. The van der Waals surface area contributed by atoms with E-state index in [1.807, 2.05) is 0 Å². The minimum atomic E-state index is 0.108. The number of phenols is 2. The van der Waals surface area contributed by atoms with Crippen LogP contribution in [0.2, 0.25) is 0 Å². The van der Waals surface area contributed by atoms with Gasteiger partial charge in [-0.05, 0) is 25.8 Å². The lowest BCUT2D eigenvalue weighted by atomic mass is 9.94. The average Bonchev–Trinajstić information content (AvgIpc) is 2.30. The summed E-state index contributed by atoms with van der Waals surface area (Å²) < 4.78 is 0. The van der Waals surface area contributed by atoms with E-state index in [0.717, 1.165) is 5.56 Å². The van der Waals surface area contributed by atoms with Gasteiger partial charge in [-0.25, -0.2) is 0 Å². The first-order valence-electron chi connectivity index (χ1n) is 6.45. The van der Waals surface area contributed by atoms with Crippen molar-refractivity contribution in [2.45, 2.75) is 51.1 Å². The summed E-state index contributed by atoms with van der Waals surface area (Å²) >= 11 is 0. The van der Waals surface area contributed by atoms with Crippen molar-refractivity contribution < 1.29 is 10.2 Å². The van der Waals surface area contributed by atoms with Crippen molar-refractivity contribution in [2.75, 3.05) is 0 Å². The van der Waals surface area contributed by atoms with E-state index in [1.165, 1.54) is 38.2 Å². The predicted molar refractivity (Wildman–Crippen MR) is 68.2 cm³/mol. The van der Waals surface area contributed by atoms with Gasteiger partial charge in [-0.15, -0.1) is 0 Å². The average molecular weight is 235 g/mol. The van der Waals surface area contributed by atoms with E-state index in [9.17, 15) is 10.2 Å². The van der Waals surface area contributed by atoms with Crippen molar-refractivity contribution in [3.8, 4) is 11.5 Å². The van der Waals surface area contributed by atoms with E-state index in [4.69, 9.17) is 0 Å². The highest BCUT2D eigenvalue weighted by atomic mass is 16.3. The Bertz CT molecular complexity index is 372. The Hall–Kier alpha value is -1.22. The molecular weight excluding hydrogens is 214 g/mol. The molecule has 0 aliphatic heterocycles. The minimum absolute atomic E-state index is 0.108. The van der Waals surface area contributed by atoms with Gasteiger partial charge in [0.05, 0.1) is 0 Å². The molecule has 0 spiro atoms. The van der Waals surface area contributed by atoms with Crippen LogP contribution in [0.1, 0.15) is 50.6 Å². The van der Waals surface area contributed by atoms with E-state index in [0.29, 0.717) is 6.04 Å². The quantitative estimate of drug-likeness (QED) is 0.754. The molecule has 3 nitrogen and oxygen atoms in total. The van der Waals surface area contributed by atoms with Crippen molar-refractivity contribution in [3.63, 3.8) is 0 Å². The Balaban J connectivity index is 2.00. The smallest absolute Gasteiger partial charge is 0.124 e. The second-order valence-corrected chi connectivity index (χ2v) is 4.97. The predicted octanol–water partition coefficient (Wildman–Crippen LogP) is 3.08. The van der Waals surface area contributed by atoms with Crippen LogP contribution in [-0.2, 0) is 0 Å². The maximum absolute atomic E-state index is 9.79. The summed E-state index contributed by atoms with van der Waals surface area (Å²) in [6, 6.07) is 5.49. The molecule has 0 bridgehead atoms. The van der Waals surface area contributed by atoms with Gasteiger partial charge in [0.1, 0.15) is 11.5 Å². The zero-order valence-corrected chi connectivity index (χ0v) is 10.3. The highest BCUT2D eigenvalue weighted by molar-refractivity contribution is 5.40. The van der Waals surface area contributed by atoms with Crippen LogP contribution in [0.5, 0.6) is 11.5 Å². The molecule has 3 heteroatoms. The molecule has 1 saturated carbocycles. The lowest BCUT2D eigenvalue weighted by Gasteiger charge is -2.27. The molecule has 3 N–H and O–H groups in total. The Morgan fingerprint density at radius 3 is 2.53 bits per heavy atom. The van der Waals surface area contributed by atoms with E-state index >= 15 is 0 Å². The summed E-state index contributed by atoms with van der Waals surface area (Å²) in [6.07, 6.45) is 6.39. The van der Waals surface area contributed by atoms with E-state index in [1.54, 1.807) is 12.1 Å². The first-order valence-corrected chi connectivity index (χ1v) is 6.45. The standard InChI is InChI=1S/C14H21NO2/c1-10(15-11-5-3-2-4-6-11)13-8-7-12(16)9-14(13)17/h7-11,15-17H,2-6H2,1H3/t10-/m0/s1. The van der Waals surface area contributed by atoms with Crippen LogP contribution in [-0.4, -0.2) is 16.3 Å². The fourth-order valence-corrected chi connectivity index (χ4v) is 2.61. The van der Waals surface area contributed by atoms with Crippen LogP contribution >= 0.6 is 0 Å². The van der Waals surface area contributed by atoms with Crippen molar-refractivity contribution in [3.05, 3.63) is 23.8 Å². The van der Waals surface area contributed by atoms with Crippen LogP contribution in [0.3, 0.4) is 0 Å². The number of hydrogen-bond acceptors (Lipinski definition) is 3. The fraction of sp³-hybridized carbons (Fsp3) is 0.571. The third kappa shape index (κ3) is 3.13. The van der Waals surface area contributed by atoms with Crippen molar-refractivity contribution >= 4 is 0 Å². The molecule has 1 aromatic carbocycles. The van der Waals surface area contributed by atoms with Gasteiger partial charge in [0.25, 0.3) is 0 Å². The maximum atomic E-state index is 9.79. The van der Waals surface area contributed by atoms with Gasteiger partial charge in [-0.1, -0.05) is 25.3 Å². The Labute approximate surface area is 102 Å². The largest absolute Gasteiger partial charge is 0.508 e. The normalized spacial score (nSPS) is 19.1. The van der Waals surface area contributed by atoms with Gasteiger partial charge < -0.3 is 15.5 Å². The number of benzene rings is 1. The minimum Gasteiger partial charge on any atom is -0.508 e. The van der Waals surface area contributed by atoms with Gasteiger partial charge in [0, 0.05) is 23.7 Å². The van der Waals surface area contributed by atoms with E-state index < -0.39 is 0 Å². The summed E-state index contributed by atoms with van der Waals surface area (Å²) in [4.78, 5) is 0. The van der Waals surface area contributed by atoms with Crippen LogP contribution in [0.15, 0.2) is 18.2 Å². The highest BCUT2D eigenvalue weighted by Gasteiger charge is 2.18. The second-order valence-electron chi connectivity index (χ2n) is 4.97. The Morgan fingerprint density at radius 1 is 1.18 bits per heavy atom. The molecule has 1 aliphatic rings. The van der Waals surface area contributed by atoms with Gasteiger partial charge in [-0.2, -0.15) is 0 Å². The third-order valence-electron chi connectivity index (χ3n) is 3.57. The molecule has 0 heterocycles. The van der Waals surface area contributed by atoms with Gasteiger partial charge in [0.15, 0.2) is 0 Å². The van der Waals surface area contributed by atoms with Crippen LogP contribution in [0, 0.1) is 0 Å². The highest BCUT2D eigenvalue weighted by Crippen LogP contribution is 2.29. The number of nitrogens with one attached hydrogen (secondary N) is 1. The molecule has 17 heavy (non-hydrogen) atoms. The second kappa shape index (κ2) is 5.41. The lowest BCUT2D eigenvalue weighted by molar-refractivity contribution is 0.342. The van der Waals surface area contributed by atoms with Gasteiger partial charge in [0.2, 0.25) is 0 Å². The Kier molecular flexibility index (Phi) is 3.89. The monoisotopic (exact) mass is 235 g/mol. The molecule has 1 atom stereocenters. The summed E-state index contributed by atoms with van der Waals surface area (Å²) in [7, 11) is 0. The zero-order chi connectivity index (χ0) is 12.3. The van der Waals surface area contributed by atoms with Gasteiger partial charge in [-0.3, -0.25) is 0 Å². The lowest BCUT2D eigenvalue weighted by Crippen LogP contribution is -2.33. The molecule has 0 radical (unpaired) electrons. The summed E-state index contributed by atoms with van der Waals surface area (Å²) in [6.45, 7) is 2.06. The zero-order valence-electron chi connectivity index (χ0n) is 10.3. The first kappa shape index (κ1) is 12.2. The van der Waals surface area contributed by atoms with E-state index in [2.05, 4.69) is 12.2 Å². The SMILES string of the molecule is C[C@H](NC1CCCCC1)c1ccc(O)cc1O. The van der Waals surface area contributed by atoms with E-state index in [-0.39, 0.29) is 17.5 Å².